The summed E-state index contributed by atoms with van der Waals surface area (Å²) in [4.78, 5) is 13.4. The summed E-state index contributed by atoms with van der Waals surface area (Å²) in [7, 11) is 0. The molecule has 0 aromatic heterocycles. The number of rotatable bonds is 5. The van der Waals surface area contributed by atoms with Gasteiger partial charge >= 0.3 is 5.97 Å². The van der Waals surface area contributed by atoms with Crippen molar-refractivity contribution in [3.63, 3.8) is 0 Å². The molecule has 2 rings (SSSR count). The molecule has 7 heteroatoms. The van der Waals surface area contributed by atoms with E-state index in [1.54, 1.807) is 18.2 Å². The Morgan fingerprint density at radius 1 is 1.42 bits per heavy atom. The van der Waals surface area contributed by atoms with Crippen molar-refractivity contribution >= 4 is 5.97 Å². The molecule has 0 radical (unpaired) electrons. The minimum atomic E-state index is -0.921. The van der Waals surface area contributed by atoms with E-state index in [1.807, 2.05) is 0 Å². The zero-order valence-electron chi connectivity index (χ0n) is 10.2. The predicted octanol–water partition coefficient (Wildman–Crippen LogP) is 2.67. The van der Waals surface area contributed by atoms with Crippen molar-refractivity contribution in [2.75, 3.05) is 13.2 Å². The maximum atomic E-state index is 10.6. The van der Waals surface area contributed by atoms with Gasteiger partial charge in [-0.1, -0.05) is 11.2 Å². The van der Waals surface area contributed by atoms with Crippen molar-refractivity contribution in [1.82, 2.24) is 0 Å². The molecular formula is C12H13N3O4. The maximum absolute atomic E-state index is 10.6. The van der Waals surface area contributed by atoms with Crippen LogP contribution in [0.5, 0.6) is 11.5 Å². The van der Waals surface area contributed by atoms with E-state index in [2.05, 4.69) is 10.0 Å². The molecule has 0 spiro atoms. The Bertz CT molecular complexity index is 526. The molecule has 1 aromatic rings. The van der Waals surface area contributed by atoms with Crippen LogP contribution in [0.4, 0.5) is 0 Å². The molecule has 1 aliphatic heterocycles. The van der Waals surface area contributed by atoms with Crippen LogP contribution in [-0.2, 0) is 4.79 Å². The highest BCUT2D eigenvalue weighted by atomic mass is 16.6. The summed E-state index contributed by atoms with van der Waals surface area (Å²) in [6.45, 7) is 0.975. The number of fused-ring (bicyclic) bond motifs is 1. The van der Waals surface area contributed by atoms with Gasteiger partial charge in [0.05, 0.1) is 6.04 Å². The molecular weight excluding hydrogens is 250 g/mol. The van der Waals surface area contributed by atoms with Gasteiger partial charge < -0.3 is 14.6 Å². The first-order valence-corrected chi connectivity index (χ1v) is 5.86. The second-order valence-electron chi connectivity index (χ2n) is 4.06. The molecule has 0 saturated carbocycles. The SMILES string of the molecule is [N-]=[N+]=NC(CCC(=O)O)c1ccc2c(c1)OCCO2. The standard InChI is InChI=1S/C12H13N3O4/c13-15-14-9(2-4-12(16)17)8-1-3-10-11(7-8)19-6-5-18-10/h1,3,7,9H,2,4-6H2,(H,16,17). The van der Waals surface area contributed by atoms with Gasteiger partial charge in [0.15, 0.2) is 11.5 Å². The minimum Gasteiger partial charge on any atom is -0.486 e. The molecule has 1 heterocycles. The Labute approximate surface area is 109 Å². The highest BCUT2D eigenvalue weighted by Gasteiger charge is 2.17. The number of hydrogen-bond acceptors (Lipinski definition) is 4. The largest absolute Gasteiger partial charge is 0.486 e. The van der Waals surface area contributed by atoms with Crippen LogP contribution >= 0.6 is 0 Å². The van der Waals surface area contributed by atoms with Gasteiger partial charge in [-0.05, 0) is 29.6 Å². The molecule has 1 unspecified atom stereocenters. The summed E-state index contributed by atoms with van der Waals surface area (Å²) in [6.07, 6.45) is 0.192. The number of ether oxygens (including phenoxy) is 2. The highest BCUT2D eigenvalue weighted by molar-refractivity contribution is 5.66. The van der Waals surface area contributed by atoms with Crippen LogP contribution in [-0.4, -0.2) is 24.3 Å². The molecule has 1 atom stereocenters. The molecule has 1 N–H and O–H groups in total. The fourth-order valence-corrected chi connectivity index (χ4v) is 1.88. The maximum Gasteiger partial charge on any atom is 0.303 e. The van der Waals surface area contributed by atoms with E-state index in [9.17, 15) is 4.79 Å². The van der Waals surface area contributed by atoms with E-state index >= 15 is 0 Å². The van der Waals surface area contributed by atoms with E-state index in [0.717, 1.165) is 5.56 Å². The number of benzene rings is 1. The third kappa shape index (κ3) is 3.29. The van der Waals surface area contributed by atoms with Crippen molar-refractivity contribution in [1.29, 1.82) is 0 Å². The molecule has 100 valence electrons. The van der Waals surface area contributed by atoms with Crippen LogP contribution in [0, 0.1) is 0 Å². The summed E-state index contributed by atoms with van der Waals surface area (Å²) >= 11 is 0. The second-order valence-corrected chi connectivity index (χ2v) is 4.06. The quantitative estimate of drug-likeness (QED) is 0.500. The number of carbonyl (C=O) groups is 1. The van der Waals surface area contributed by atoms with Crippen LogP contribution in [0.1, 0.15) is 24.4 Å². The Kier molecular flexibility index (Phi) is 4.10. The van der Waals surface area contributed by atoms with Gasteiger partial charge in [-0.15, -0.1) is 0 Å². The average molecular weight is 263 g/mol. The summed E-state index contributed by atoms with van der Waals surface area (Å²) in [5.41, 5.74) is 9.28. The van der Waals surface area contributed by atoms with Crippen molar-refractivity contribution in [2.45, 2.75) is 18.9 Å². The summed E-state index contributed by atoms with van der Waals surface area (Å²) in [5.74, 6) is 0.320. The van der Waals surface area contributed by atoms with Crippen molar-refractivity contribution < 1.29 is 19.4 Å². The number of azide groups is 1. The topological polar surface area (TPSA) is 105 Å². The molecule has 0 aliphatic carbocycles. The van der Waals surface area contributed by atoms with Gasteiger partial charge in [0.2, 0.25) is 0 Å². The lowest BCUT2D eigenvalue weighted by Gasteiger charge is -2.20. The van der Waals surface area contributed by atoms with Crippen molar-refractivity contribution in [2.24, 2.45) is 5.11 Å². The first kappa shape index (κ1) is 13.0. The number of aliphatic carboxylic acids is 1. The lowest BCUT2D eigenvalue weighted by Crippen LogP contribution is -2.15. The molecule has 0 amide bonds. The molecule has 19 heavy (non-hydrogen) atoms. The lowest BCUT2D eigenvalue weighted by molar-refractivity contribution is -0.137. The molecule has 1 aliphatic rings. The fourth-order valence-electron chi connectivity index (χ4n) is 1.88. The summed E-state index contributed by atoms with van der Waals surface area (Å²) in [6, 6.07) is 4.71. The number of nitrogens with zero attached hydrogens (tertiary/aromatic N) is 3. The van der Waals surface area contributed by atoms with Crippen LogP contribution in [0.3, 0.4) is 0 Å². The fraction of sp³-hybridized carbons (Fsp3) is 0.417. The van der Waals surface area contributed by atoms with Gasteiger partial charge in [-0.3, -0.25) is 4.79 Å². The predicted molar refractivity (Wildman–Crippen MR) is 66.2 cm³/mol. The third-order valence-corrected chi connectivity index (χ3v) is 2.77. The van der Waals surface area contributed by atoms with E-state index < -0.39 is 12.0 Å². The average Bonchev–Trinajstić information content (AvgIpc) is 2.42. The van der Waals surface area contributed by atoms with E-state index in [1.165, 1.54) is 0 Å². The number of carboxylic acids is 1. The van der Waals surface area contributed by atoms with Crippen molar-refractivity contribution in [3.05, 3.63) is 34.2 Å². The first-order valence-electron chi connectivity index (χ1n) is 5.86. The van der Waals surface area contributed by atoms with E-state index in [0.29, 0.717) is 24.7 Å². The van der Waals surface area contributed by atoms with E-state index in [-0.39, 0.29) is 12.8 Å². The van der Waals surface area contributed by atoms with Crippen LogP contribution in [0.2, 0.25) is 0 Å². The normalized spacial score (nSPS) is 14.3. The lowest BCUT2D eigenvalue weighted by atomic mass is 10.0. The number of hydrogen-bond donors (Lipinski definition) is 1. The zero-order chi connectivity index (χ0) is 13.7. The van der Waals surface area contributed by atoms with Crippen LogP contribution in [0.15, 0.2) is 23.3 Å². The molecule has 7 nitrogen and oxygen atoms in total. The Hall–Kier alpha value is -2.40. The third-order valence-electron chi connectivity index (χ3n) is 2.77. The first-order chi connectivity index (χ1) is 9.20. The zero-order valence-corrected chi connectivity index (χ0v) is 10.2. The van der Waals surface area contributed by atoms with E-state index in [4.69, 9.17) is 20.1 Å². The van der Waals surface area contributed by atoms with Crippen LogP contribution < -0.4 is 9.47 Å². The van der Waals surface area contributed by atoms with Gasteiger partial charge in [-0.2, -0.15) is 0 Å². The Morgan fingerprint density at radius 2 is 2.16 bits per heavy atom. The van der Waals surface area contributed by atoms with Crippen molar-refractivity contribution in [3.8, 4) is 11.5 Å². The molecule has 0 saturated heterocycles. The van der Waals surface area contributed by atoms with Gasteiger partial charge in [-0.25, -0.2) is 0 Å². The summed E-state index contributed by atoms with van der Waals surface area (Å²) in [5, 5.41) is 12.3. The summed E-state index contributed by atoms with van der Waals surface area (Å²) < 4.78 is 10.8. The molecule has 0 fully saturated rings. The Balaban J connectivity index is 2.21. The Morgan fingerprint density at radius 3 is 2.84 bits per heavy atom. The van der Waals surface area contributed by atoms with Crippen LogP contribution in [0.25, 0.3) is 10.4 Å². The highest BCUT2D eigenvalue weighted by Crippen LogP contribution is 2.34. The minimum absolute atomic E-state index is 0.0574. The van der Waals surface area contributed by atoms with Gasteiger partial charge in [0.25, 0.3) is 0 Å². The number of carboxylic acid groups (broad SMARTS) is 1. The van der Waals surface area contributed by atoms with Gasteiger partial charge in [0.1, 0.15) is 13.2 Å². The smallest absolute Gasteiger partial charge is 0.303 e. The molecule has 0 bridgehead atoms. The van der Waals surface area contributed by atoms with Gasteiger partial charge in [0, 0.05) is 11.3 Å². The molecule has 1 aromatic carbocycles. The second kappa shape index (κ2) is 5.97. The monoisotopic (exact) mass is 263 g/mol.